The van der Waals surface area contributed by atoms with Crippen molar-refractivity contribution < 1.29 is 9.53 Å². The standard InChI is InChI=1S/C21H24N4O2/c1-15-5-3-6-17(13-15)27-16-8-11-25(12-9-16)21(26)19-14-18(22-23-19)20-7-4-10-24(20)2/h3-7,10,13-14,16H,8-9,11-12H2,1-2H3,(H,22,23). The lowest BCUT2D eigenvalue weighted by molar-refractivity contribution is 0.0590. The zero-order valence-corrected chi connectivity index (χ0v) is 15.7. The Morgan fingerprint density at radius 2 is 2.00 bits per heavy atom. The molecule has 140 valence electrons. The molecule has 0 unspecified atom stereocenters. The molecule has 0 bridgehead atoms. The van der Waals surface area contributed by atoms with Crippen molar-refractivity contribution >= 4 is 5.91 Å². The van der Waals surface area contributed by atoms with Crippen LogP contribution in [0.5, 0.6) is 5.75 Å². The van der Waals surface area contributed by atoms with E-state index in [-0.39, 0.29) is 12.0 Å². The number of amides is 1. The van der Waals surface area contributed by atoms with Gasteiger partial charge in [-0.3, -0.25) is 9.89 Å². The number of hydrogen-bond donors (Lipinski definition) is 1. The van der Waals surface area contributed by atoms with Gasteiger partial charge >= 0.3 is 0 Å². The highest BCUT2D eigenvalue weighted by Gasteiger charge is 2.26. The largest absolute Gasteiger partial charge is 0.490 e. The second-order valence-corrected chi connectivity index (χ2v) is 7.10. The maximum atomic E-state index is 12.8. The van der Waals surface area contributed by atoms with Gasteiger partial charge in [0, 0.05) is 39.2 Å². The maximum absolute atomic E-state index is 12.8. The Morgan fingerprint density at radius 1 is 1.19 bits per heavy atom. The van der Waals surface area contributed by atoms with Gasteiger partial charge in [-0.15, -0.1) is 0 Å². The van der Waals surface area contributed by atoms with E-state index in [4.69, 9.17) is 4.74 Å². The number of ether oxygens (including phenoxy) is 1. The number of aryl methyl sites for hydroxylation is 2. The average molecular weight is 364 g/mol. The van der Waals surface area contributed by atoms with Crippen molar-refractivity contribution in [2.45, 2.75) is 25.9 Å². The Hall–Kier alpha value is -3.02. The van der Waals surface area contributed by atoms with Crippen LogP contribution in [0.2, 0.25) is 0 Å². The van der Waals surface area contributed by atoms with Crippen LogP contribution in [0.4, 0.5) is 0 Å². The first kappa shape index (κ1) is 17.4. The number of nitrogens with one attached hydrogen (secondary N) is 1. The highest BCUT2D eigenvalue weighted by Crippen LogP contribution is 2.22. The summed E-state index contributed by atoms with van der Waals surface area (Å²) in [6.45, 7) is 3.43. The molecule has 1 fully saturated rings. The molecule has 0 spiro atoms. The third kappa shape index (κ3) is 3.74. The van der Waals surface area contributed by atoms with E-state index in [0.29, 0.717) is 18.8 Å². The van der Waals surface area contributed by atoms with Crippen LogP contribution in [-0.2, 0) is 7.05 Å². The fourth-order valence-electron chi connectivity index (χ4n) is 3.52. The molecular formula is C21H24N4O2. The van der Waals surface area contributed by atoms with Crippen molar-refractivity contribution in [2.24, 2.45) is 7.05 Å². The predicted molar refractivity (Wildman–Crippen MR) is 104 cm³/mol. The summed E-state index contributed by atoms with van der Waals surface area (Å²) in [5, 5.41) is 7.19. The minimum absolute atomic E-state index is 0.00281. The molecule has 1 saturated heterocycles. The minimum atomic E-state index is -0.00281. The first-order valence-corrected chi connectivity index (χ1v) is 9.30. The smallest absolute Gasteiger partial charge is 0.271 e. The quantitative estimate of drug-likeness (QED) is 0.772. The summed E-state index contributed by atoms with van der Waals surface area (Å²) < 4.78 is 8.06. The summed E-state index contributed by atoms with van der Waals surface area (Å²) in [5.41, 5.74) is 3.48. The molecule has 1 aromatic carbocycles. The number of rotatable bonds is 4. The molecule has 1 aliphatic rings. The normalized spacial score (nSPS) is 15.1. The topological polar surface area (TPSA) is 63.1 Å². The first-order valence-electron chi connectivity index (χ1n) is 9.30. The zero-order valence-electron chi connectivity index (χ0n) is 15.7. The summed E-state index contributed by atoms with van der Waals surface area (Å²) in [6.07, 6.45) is 3.78. The minimum Gasteiger partial charge on any atom is -0.490 e. The van der Waals surface area contributed by atoms with Gasteiger partial charge in [-0.2, -0.15) is 5.10 Å². The molecule has 3 aromatic rings. The average Bonchev–Trinajstić information content (AvgIpc) is 3.30. The van der Waals surface area contributed by atoms with Gasteiger partial charge in [-0.25, -0.2) is 0 Å². The molecule has 1 N–H and O–H groups in total. The number of hydrogen-bond acceptors (Lipinski definition) is 3. The van der Waals surface area contributed by atoms with Gasteiger partial charge < -0.3 is 14.2 Å². The van der Waals surface area contributed by atoms with Gasteiger partial charge in [0.15, 0.2) is 0 Å². The lowest BCUT2D eigenvalue weighted by atomic mass is 10.1. The molecular weight excluding hydrogens is 340 g/mol. The van der Waals surface area contributed by atoms with Crippen LogP contribution in [0.3, 0.4) is 0 Å². The lowest BCUT2D eigenvalue weighted by Crippen LogP contribution is -2.41. The fourth-order valence-corrected chi connectivity index (χ4v) is 3.52. The summed E-state index contributed by atoms with van der Waals surface area (Å²) in [5.74, 6) is 0.900. The van der Waals surface area contributed by atoms with Crippen molar-refractivity contribution in [3.05, 3.63) is 59.9 Å². The molecule has 0 radical (unpaired) electrons. The molecule has 4 rings (SSSR count). The first-order chi connectivity index (χ1) is 13.1. The maximum Gasteiger partial charge on any atom is 0.271 e. The van der Waals surface area contributed by atoms with Crippen molar-refractivity contribution in [3.8, 4) is 17.1 Å². The van der Waals surface area contributed by atoms with Gasteiger partial charge in [0.05, 0.1) is 5.69 Å². The van der Waals surface area contributed by atoms with Crippen molar-refractivity contribution in [1.29, 1.82) is 0 Å². The van der Waals surface area contributed by atoms with E-state index < -0.39 is 0 Å². The summed E-state index contributed by atoms with van der Waals surface area (Å²) >= 11 is 0. The third-order valence-electron chi connectivity index (χ3n) is 5.04. The van der Waals surface area contributed by atoms with E-state index in [1.165, 1.54) is 5.56 Å². The molecule has 1 aliphatic heterocycles. The van der Waals surface area contributed by atoms with E-state index in [1.54, 1.807) is 0 Å². The summed E-state index contributed by atoms with van der Waals surface area (Å²) in [7, 11) is 1.96. The van der Waals surface area contributed by atoms with Gasteiger partial charge in [0.25, 0.3) is 5.91 Å². The number of aromatic nitrogens is 3. The molecule has 0 aliphatic carbocycles. The number of piperidine rings is 1. The molecule has 6 heteroatoms. The van der Waals surface area contributed by atoms with E-state index in [9.17, 15) is 4.79 Å². The van der Waals surface area contributed by atoms with Crippen LogP contribution in [-0.4, -0.2) is 44.8 Å². The summed E-state index contributed by atoms with van der Waals surface area (Å²) in [6, 6.07) is 13.9. The van der Waals surface area contributed by atoms with Crippen molar-refractivity contribution in [2.75, 3.05) is 13.1 Å². The molecule has 0 saturated carbocycles. The number of H-pyrrole nitrogens is 1. The number of benzene rings is 1. The SMILES string of the molecule is Cc1cccc(OC2CCN(C(=O)c3cc(-c4cccn4C)n[nH]3)CC2)c1. The van der Waals surface area contributed by atoms with Crippen LogP contribution >= 0.6 is 0 Å². The molecule has 2 aromatic heterocycles. The Bertz CT molecular complexity index is 935. The van der Waals surface area contributed by atoms with Gasteiger partial charge in [0.2, 0.25) is 0 Å². The molecule has 1 amide bonds. The molecule has 27 heavy (non-hydrogen) atoms. The van der Waals surface area contributed by atoms with E-state index >= 15 is 0 Å². The van der Waals surface area contributed by atoms with Gasteiger partial charge in [-0.1, -0.05) is 12.1 Å². The number of nitrogens with zero attached hydrogens (tertiary/aromatic N) is 3. The Morgan fingerprint density at radius 3 is 2.70 bits per heavy atom. The number of aromatic amines is 1. The Balaban J connectivity index is 1.36. The van der Waals surface area contributed by atoms with Crippen LogP contribution < -0.4 is 4.74 Å². The number of carbonyl (C=O) groups is 1. The van der Waals surface area contributed by atoms with E-state index in [0.717, 1.165) is 30.0 Å². The number of carbonyl (C=O) groups excluding carboxylic acids is 1. The lowest BCUT2D eigenvalue weighted by Gasteiger charge is -2.32. The molecule has 3 heterocycles. The zero-order chi connectivity index (χ0) is 18.8. The van der Waals surface area contributed by atoms with Crippen LogP contribution in [0, 0.1) is 6.92 Å². The van der Waals surface area contributed by atoms with Crippen LogP contribution in [0.15, 0.2) is 48.7 Å². The second-order valence-electron chi connectivity index (χ2n) is 7.10. The molecule has 0 atom stereocenters. The highest BCUT2D eigenvalue weighted by molar-refractivity contribution is 5.93. The highest BCUT2D eigenvalue weighted by atomic mass is 16.5. The van der Waals surface area contributed by atoms with Gasteiger partial charge in [-0.05, 0) is 42.8 Å². The second kappa shape index (κ2) is 7.31. The van der Waals surface area contributed by atoms with Crippen molar-refractivity contribution in [1.82, 2.24) is 19.7 Å². The summed E-state index contributed by atoms with van der Waals surface area (Å²) in [4.78, 5) is 14.7. The molecule has 6 nitrogen and oxygen atoms in total. The van der Waals surface area contributed by atoms with Gasteiger partial charge in [0.1, 0.15) is 23.2 Å². The van der Waals surface area contributed by atoms with Crippen LogP contribution in [0.1, 0.15) is 28.9 Å². The van der Waals surface area contributed by atoms with Crippen LogP contribution in [0.25, 0.3) is 11.4 Å². The van der Waals surface area contributed by atoms with Crippen molar-refractivity contribution in [3.63, 3.8) is 0 Å². The Kier molecular flexibility index (Phi) is 4.71. The third-order valence-corrected chi connectivity index (χ3v) is 5.04. The fraction of sp³-hybridized carbons (Fsp3) is 0.333. The predicted octanol–water partition coefficient (Wildman–Crippen LogP) is 3.41. The van der Waals surface area contributed by atoms with E-state index in [1.807, 2.05) is 59.1 Å². The number of likely N-dealkylation sites (tertiary alicyclic amines) is 1. The Labute approximate surface area is 158 Å². The monoisotopic (exact) mass is 364 g/mol. The van der Waals surface area contributed by atoms with E-state index in [2.05, 4.69) is 23.2 Å².